The molecular formula is C16H24F2N2. The highest BCUT2D eigenvalue weighted by Crippen LogP contribution is 2.24. The van der Waals surface area contributed by atoms with E-state index in [1.807, 2.05) is 0 Å². The topological polar surface area (TPSA) is 29.3 Å². The minimum Gasteiger partial charge on any atom is -0.330 e. The Labute approximate surface area is 120 Å². The van der Waals surface area contributed by atoms with Crippen LogP contribution in [0.15, 0.2) is 18.2 Å². The summed E-state index contributed by atoms with van der Waals surface area (Å²) in [5.74, 6) is -1.54. The van der Waals surface area contributed by atoms with Gasteiger partial charge in [-0.25, -0.2) is 8.78 Å². The Morgan fingerprint density at radius 3 is 2.50 bits per heavy atom. The van der Waals surface area contributed by atoms with Gasteiger partial charge in [0.15, 0.2) is 11.6 Å². The molecule has 0 unspecified atom stereocenters. The molecule has 1 aliphatic rings. The lowest BCUT2D eigenvalue weighted by atomic mass is 9.93. The molecule has 0 saturated heterocycles. The third-order valence-corrected chi connectivity index (χ3v) is 4.11. The maximum absolute atomic E-state index is 13.3. The fourth-order valence-electron chi connectivity index (χ4n) is 3.00. The van der Waals surface area contributed by atoms with Crippen LogP contribution < -0.4 is 5.73 Å². The molecule has 0 heterocycles. The third-order valence-electron chi connectivity index (χ3n) is 4.11. The monoisotopic (exact) mass is 282 g/mol. The summed E-state index contributed by atoms with van der Waals surface area (Å²) in [6.07, 6.45) is 7.19. The van der Waals surface area contributed by atoms with Crippen LogP contribution in [0.2, 0.25) is 0 Å². The van der Waals surface area contributed by atoms with Gasteiger partial charge in [0.25, 0.3) is 0 Å². The van der Waals surface area contributed by atoms with E-state index in [9.17, 15) is 8.78 Å². The highest BCUT2D eigenvalue weighted by Gasteiger charge is 2.21. The van der Waals surface area contributed by atoms with Gasteiger partial charge in [-0.15, -0.1) is 0 Å². The molecule has 0 atom stereocenters. The zero-order valence-corrected chi connectivity index (χ0v) is 12.0. The number of halogens is 2. The maximum atomic E-state index is 13.3. The lowest BCUT2D eigenvalue weighted by Crippen LogP contribution is -2.37. The summed E-state index contributed by atoms with van der Waals surface area (Å²) in [7, 11) is 0. The SMILES string of the molecule is NCCCN(Cc1ccc(F)c(F)c1)C1CCCCC1. The van der Waals surface area contributed by atoms with Crippen molar-refractivity contribution in [3.8, 4) is 0 Å². The Morgan fingerprint density at radius 1 is 1.10 bits per heavy atom. The summed E-state index contributed by atoms with van der Waals surface area (Å²) in [5.41, 5.74) is 6.45. The van der Waals surface area contributed by atoms with Gasteiger partial charge in [-0.3, -0.25) is 4.90 Å². The van der Waals surface area contributed by atoms with Gasteiger partial charge >= 0.3 is 0 Å². The Hall–Kier alpha value is -1.00. The highest BCUT2D eigenvalue weighted by atomic mass is 19.2. The molecule has 0 radical (unpaired) electrons. The van der Waals surface area contributed by atoms with E-state index in [2.05, 4.69) is 4.90 Å². The first kappa shape index (κ1) is 15.4. The second kappa shape index (κ2) is 7.70. The first-order valence-electron chi connectivity index (χ1n) is 7.58. The van der Waals surface area contributed by atoms with E-state index in [1.54, 1.807) is 6.07 Å². The summed E-state index contributed by atoms with van der Waals surface area (Å²) in [5, 5.41) is 0. The second-order valence-corrected chi connectivity index (χ2v) is 5.65. The van der Waals surface area contributed by atoms with E-state index in [0.717, 1.165) is 18.5 Å². The third kappa shape index (κ3) is 4.25. The van der Waals surface area contributed by atoms with Gasteiger partial charge < -0.3 is 5.73 Å². The van der Waals surface area contributed by atoms with Gasteiger partial charge in [0, 0.05) is 12.6 Å². The van der Waals surface area contributed by atoms with E-state index in [4.69, 9.17) is 5.73 Å². The number of rotatable bonds is 6. The summed E-state index contributed by atoms with van der Waals surface area (Å²) in [6, 6.07) is 4.76. The van der Waals surface area contributed by atoms with E-state index in [-0.39, 0.29) is 0 Å². The minimum atomic E-state index is -0.778. The maximum Gasteiger partial charge on any atom is 0.159 e. The Kier molecular flexibility index (Phi) is 5.92. The minimum absolute atomic E-state index is 0.559. The van der Waals surface area contributed by atoms with Crippen LogP contribution in [0.1, 0.15) is 44.1 Å². The van der Waals surface area contributed by atoms with Crippen LogP contribution in [0.3, 0.4) is 0 Å². The van der Waals surface area contributed by atoms with Gasteiger partial charge in [0.2, 0.25) is 0 Å². The van der Waals surface area contributed by atoms with Crippen LogP contribution in [-0.4, -0.2) is 24.0 Å². The molecule has 0 bridgehead atoms. The molecule has 2 nitrogen and oxygen atoms in total. The zero-order valence-electron chi connectivity index (χ0n) is 12.0. The van der Waals surface area contributed by atoms with Crippen molar-refractivity contribution in [2.75, 3.05) is 13.1 Å². The van der Waals surface area contributed by atoms with E-state index < -0.39 is 11.6 Å². The molecule has 0 spiro atoms. The molecule has 0 aromatic heterocycles. The lowest BCUT2D eigenvalue weighted by molar-refractivity contribution is 0.147. The first-order chi connectivity index (χ1) is 9.70. The molecule has 0 amide bonds. The summed E-state index contributed by atoms with van der Waals surface area (Å²) in [6.45, 7) is 2.28. The van der Waals surface area contributed by atoms with E-state index in [1.165, 1.54) is 44.2 Å². The van der Waals surface area contributed by atoms with Crippen molar-refractivity contribution in [1.29, 1.82) is 0 Å². The molecule has 1 aromatic rings. The first-order valence-corrected chi connectivity index (χ1v) is 7.58. The van der Waals surface area contributed by atoms with Gasteiger partial charge in [0.05, 0.1) is 0 Å². The number of hydrogen-bond acceptors (Lipinski definition) is 2. The van der Waals surface area contributed by atoms with Crippen molar-refractivity contribution >= 4 is 0 Å². The molecule has 2 N–H and O–H groups in total. The average Bonchev–Trinajstić information content (AvgIpc) is 2.48. The normalized spacial score (nSPS) is 16.8. The fraction of sp³-hybridized carbons (Fsp3) is 0.625. The van der Waals surface area contributed by atoms with Crippen LogP contribution >= 0.6 is 0 Å². The highest BCUT2D eigenvalue weighted by molar-refractivity contribution is 5.17. The largest absolute Gasteiger partial charge is 0.330 e. The number of hydrogen-bond donors (Lipinski definition) is 1. The van der Waals surface area contributed by atoms with E-state index >= 15 is 0 Å². The molecular weight excluding hydrogens is 258 g/mol. The predicted octanol–water partition coefficient (Wildman–Crippen LogP) is 3.45. The van der Waals surface area contributed by atoms with Crippen molar-refractivity contribution in [3.63, 3.8) is 0 Å². The molecule has 1 aliphatic carbocycles. The molecule has 1 aromatic carbocycles. The van der Waals surface area contributed by atoms with Crippen LogP contribution in [0, 0.1) is 11.6 Å². The van der Waals surface area contributed by atoms with Gasteiger partial charge in [0.1, 0.15) is 0 Å². The van der Waals surface area contributed by atoms with Crippen LogP contribution in [0.5, 0.6) is 0 Å². The van der Waals surface area contributed by atoms with Gasteiger partial charge in [-0.1, -0.05) is 25.3 Å². The van der Waals surface area contributed by atoms with Crippen molar-refractivity contribution in [2.24, 2.45) is 5.73 Å². The standard InChI is InChI=1S/C16H24F2N2/c17-15-8-7-13(11-16(15)18)12-20(10-4-9-19)14-5-2-1-3-6-14/h7-8,11,14H,1-6,9-10,12,19H2. The number of nitrogens with zero attached hydrogens (tertiary/aromatic N) is 1. The van der Waals surface area contributed by atoms with Crippen LogP contribution in [0.4, 0.5) is 8.78 Å². The van der Waals surface area contributed by atoms with Crippen molar-refractivity contribution in [3.05, 3.63) is 35.4 Å². The molecule has 20 heavy (non-hydrogen) atoms. The van der Waals surface area contributed by atoms with Crippen molar-refractivity contribution < 1.29 is 8.78 Å². The Morgan fingerprint density at radius 2 is 1.85 bits per heavy atom. The molecule has 2 rings (SSSR count). The van der Waals surface area contributed by atoms with Gasteiger partial charge in [-0.2, -0.15) is 0 Å². The zero-order chi connectivity index (χ0) is 14.4. The van der Waals surface area contributed by atoms with E-state index in [0.29, 0.717) is 19.1 Å². The molecule has 112 valence electrons. The fourth-order valence-corrected chi connectivity index (χ4v) is 3.00. The number of nitrogens with two attached hydrogens (primary N) is 1. The smallest absolute Gasteiger partial charge is 0.159 e. The van der Waals surface area contributed by atoms with Crippen LogP contribution in [-0.2, 0) is 6.54 Å². The number of benzene rings is 1. The molecule has 1 fully saturated rings. The Balaban J connectivity index is 2.03. The summed E-state index contributed by atoms with van der Waals surface area (Å²) >= 11 is 0. The predicted molar refractivity (Wildman–Crippen MR) is 77.3 cm³/mol. The van der Waals surface area contributed by atoms with Crippen molar-refractivity contribution in [2.45, 2.75) is 51.1 Å². The van der Waals surface area contributed by atoms with Crippen LogP contribution in [0.25, 0.3) is 0 Å². The second-order valence-electron chi connectivity index (χ2n) is 5.65. The molecule has 0 aliphatic heterocycles. The Bertz CT molecular complexity index is 417. The molecule has 1 saturated carbocycles. The summed E-state index contributed by atoms with van der Waals surface area (Å²) < 4.78 is 26.3. The lowest BCUT2D eigenvalue weighted by Gasteiger charge is -2.34. The average molecular weight is 282 g/mol. The quantitative estimate of drug-likeness (QED) is 0.866. The molecule has 4 heteroatoms. The van der Waals surface area contributed by atoms with Gasteiger partial charge in [-0.05, 0) is 50.0 Å². The summed E-state index contributed by atoms with van der Waals surface area (Å²) in [4.78, 5) is 2.39. The van der Waals surface area contributed by atoms with Crippen molar-refractivity contribution in [1.82, 2.24) is 4.90 Å².